The summed E-state index contributed by atoms with van der Waals surface area (Å²) in [6.07, 6.45) is 2.56. The lowest BCUT2D eigenvalue weighted by atomic mass is 10.1. The van der Waals surface area contributed by atoms with E-state index in [0.717, 1.165) is 11.1 Å². The van der Waals surface area contributed by atoms with Gasteiger partial charge in [0.25, 0.3) is 0 Å². The van der Waals surface area contributed by atoms with Crippen molar-refractivity contribution < 1.29 is 14.6 Å². The minimum absolute atomic E-state index is 0.184. The van der Waals surface area contributed by atoms with Crippen molar-refractivity contribution in [3.63, 3.8) is 0 Å². The molecule has 1 unspecified atom stereocenters. The van der Waals surface area contributed by atoms with Crippen molar-refractivity contribution in [2.24, 2.45) is 0 Å². The minimum Gasteiger partial charge on any atom is -0.389 e. The molecule has 0 aliphatic heterocycles. The van der Waals surface area contributed by atoms with Crippen molar-refractivity contribution in [3.8, 4) is 0 Å². The van der Waals surface area contributed by atoms with Gasteiger partial charge in [-0.15, -0.1) is 0 Å². The number of carbonyl (C=O) groups is 1. The standard InChI is InChI=1S/C15H21NO3/c1-11-4-5-13(12(2)8-11)6-7-15(18)16-9-14(17)10-19-3/h4-8,14,17H,9-10H2,1-3H3,(H,16,18)/b7-6+. The van der Waals surface area contributed by atoms with Crippen LogP contribution in [0, 0.1) is 13.8 Å². The zero-order valence-electron chi connectivity index (χ0n) is 11.6. The van der Waals surface area contributed by atoms with E-state index in [0.29, 0.717) is 0 Å². The van der Waals surface area contributed by atoms with Crippen LogP contribution in [0.1, 0.15) is 16.7 Å². The van der Waals surface area contributed by atoms with E-state index < -0.39 is 6.10 Å². The Morgan fingerprint density at radius 2 is 2.21 bits per heavy atom. The highest BCUT2D eigenvalue weighted by atomic mass is 16.5. The molecule has 1 amide bonds. The third-order valence-electron chi connectivity index (χ3n) is 2.71. The molecule has 104 valence electrons. The van der Waals surface area contributed by atoms with Crippen LogP contribution in [-0.2, 0) is 9.53 Å². The molecule has 0 heterocycles. The van der Waals surface area contributed by atoms with Crippen LogP contribution in [0.4, 0.5) is 0 Å². The Balaban J connectivity index is 2.49. The number of carbonyl (C=O) groups excluding carboxylic acids is 1. The van der Waals surface area contributed by atoms with E-state index in [1.165, 1.54) is 18.7 Å². The second-order valence-corrected chi connectivity index (χ2v) is 4.55. The van der Waals surface area contributed by atoms with Gasteiger partial charge in [-0.05, 0) is 31.1 Å². The van der Waals surface area contributed by atoms with Crippen LogP contribution in [0.25, 0.3) is 6.08 Å². The van der Waals surface area contributed by atoms with Crippen LogP contribution < -0.4 is 5.32 Å². The van der Waals surface area contributed by atoms with Crippen molar-refractivity contribution >= 4 is 12.0 Å². The average Bonchev–Trinajstić information content (AvgIpc) is 2.35. The first-order chi connectivity index (χ1) is 9.02. The molecule has 4 heteroatoms. The van der Waals surface area contributed by atoms with Gasteiger partial charge < -0.3 is 15.2 Å². The number of nitrogens with one attached hydrogen (secondary N) is 1. The van der Waals surface area contributed by atoms with Crippen LogP contribution in [0.2, 0.25) is 0 Å². The number of amides is 1. The topological polar surface area (TPSA) is 58.6 Å². The maximum absolute atomic E-state index is 11.6. The normalized spacial score (nSPS) is 12.6. The van der Waals surface area contributed by atoms with Gasteiger partial charge in [-0.2, -0.15) is 0 Å². The number of hydrogen-bond donors (Lipinski definition) is 2. The monoisotopic (exact) mass is 263 g/mol. The van der Waals surface area contributed by atoms with Crippen LogP contribution in [0.3, 0.4) is 0 Å². The van der Waals surface area contributed by atoms with Crippen LogP contribution in [0.5, 0.6) is 0 Å². The number of ether oxygens (including phenoxy) is 1. The van der Waals surface area contributed by atoms with Gasteiger partial charge in [0.15, 0.2) is 0 Å². The number of aliphatic hydroxyl groups is 1. The van der Waals surface area contributed by atoms with Crippen molar-refractivity contribution in [1.82, 2.24) is 5.32 Å². The van der Waals surface area contributed by atoms with Gasteiger partial charge in [0.05, 0.1) is 12.7 Å². The Labute approximate surface area is 114 Å². The molecule has 1 atom stereocenters. The molecule has 1 aromatic carbocycles. The number of benzene rings is 1. The molecule has 1 rings (SSSR count). The van der Waals surface area contributed by atoms with Crippen molar-refractivity contribution in [1.29, 1.82) is 0 Å². The molecule has 0 aliphatic rings. The van der Waals surface area contributed by atoms with Gasteiger partial charge in [0.1, 0.15) is 0 Å². The Kier molecular flexibility index (Phi) is 6.25. The lowest BCUT2D eigenvalue weighted by Crippen LogP contribution is -2.33. The van der Waals surface area contributed by atoms with Crippen LogP contribution in [0.15, 0.2) is 24.3 Å². The highest BCUT2D eigenvalue weighted by Crippen LogP contribution is 2.11. The second kappa shape index (κ2) is 7.71. The predicted molar refractivity (Wildman–Crippen MR) is 75.8 cm³/mol. The summed E-state index contributed by atoms with van der Waals surface area (Å²) in [5.41, 5.74) is 3.34. The smallest absolute Gasteiger partial charge is 0.244 e. The second-order valence-electron chi connectivity index (χ2n) is 4.55. The summed E-state index contributed by atoms with van der Waals surface area (Å²) >= 11 is 0. The summed E-state index contributed by atoms with van der Waals surface area (Å²) in [4.78, 5) is 11.6. The van der Waals surface area contributed by atoms with E-state index in [9.17, 15) is 9.90 Å². The summed E-state index contributed by atoms with van der Waals surface area (Å²) in [7, 11) is 1.51. The maximum Gasteiger partial charge on any atom is 0.244 e. The molecule has 0 spiro atoms. The summed E-state index contributed by atoms with van der Waals surface area (Å²) < 4.78 is 4.77. The number of methoxy groups -OCH3 is 1. The quantitative estimate of drug-likeness (QED) is 0.764. The van der Waals surface area contributed by atoms with Gasteiger partial charge in [0, 0.05) is 19.7 Å². The minimum atomic E-state index is -0.677. The summed E-state index contributed by atoms with van der Waals surface area (Å²) in [6, 6.07) is 6.06. The highest BCUT2D eigenvalue weighted by molar-refractivity contribution is 5.91. The molecular weight excluding hydrogens is 242 g/mol. The lowest BCUT2D eigenvalue weighted by molar-refractivity contribution is -0.117. The average molecular weight is 263 g/mol. The molecule has 0 bridgehead atoms. The van der Waals surface area contributed by atoms with Gasteiger partial charge in [-0.3, -0.25) is 4.79 Å². The van der Waals surface area contributed by atoms with Gasteiger partial charge in [-0.1, -0.05) is 23.8 Å². The third kappa shape index (κ3) is 5.68. The lowest BCUT2D eigenvalue weighted by Gasteiger charge is -2.09. The fourth-order valence-corrected chi connectivity index (χ4v) is 1.71. The largest absolute Gasteiger partial charge is 0.389 e. The van der Waals surface area contributed by atoms with Gasteiger partial charge >= 0.3 is 0 Å². The Hall–Kier alpha value is -1.65. The molecule has 0 saturated heterocycles. The third-order valence-corrected chi connectivity index (χ3v) is 2.71. The summed E-state index contributed by atoms with van der Waals surface area (Å²) in [5, 5.41) is 12.0. The number of aryl methyl sites for hydroxylation is 2. The van der Waals surface area contributed by atoms with Crippen molar-refractivity contribution in [3.05, 3.63) is 41.0 Å². The van der Waals surface area contributed by atoms with Gasteiger partial charge in [-0.25, -0.2) is 0 Å². The molecule has 2 N–H and O–H groups in total. The number of hydrogen-bond acceptors (Lipinski definition) is 3. The molecule has 0 saturated carbocycles. The van der Waals surface area contributed by atoms with E-state index in [1.54, 1.807) is 6.08 Å². The molecule has 0 aromatic heterocycles. The first kappa shape index (κ1) is 15.4. The maximum atomic E-state index is 11.6. The first-order valence-electron chi connectivity index (χ1n) is 6.23. The molecule has 0 fully saturated rings. The molecule has 0 radical (unpaired) electrons. The Morgan fingerprint density at radius 1 is 1.47 bits per heavy atom. The van der Waals surface area contributed by atoms with E-state index in [-0.39, 0.29) is 19.1 Å². The molecule has 1 aromatic rings. The predicted octanol–water partition coefficient (Wildman–Crippen LogP) is 1.44. The molecular formula is C15H21NO3. The fraction of sp³-hybridized carbons (Fsp3) is 0.400. The van der Waals surface area contributed by atoms with E-state index >= 15 is 0 Å². The van der Waals surface area contributed by atoms with E-state index in [4.69, 9.17) is 4.74 Å². The van der Waals surface area contributed by atoms with E-state index in [1.807, 2.05) is 26.0 Å². The highest BCUT2D eigenvalue weighted by Gasteiger charge is 2.04. The van der Waals surface area contributed by atoms with Crippen molar-refractivity contribution in [2.75, 3.05) is 20.3 Å². The van der Waals surface area contributed by atoms with Crippen LogP contribution in [-0.4, -0.2) is 37.4 Å². The molecule has 0 aliphatic carbocycles. The number of rotatable bonds is 6. The molecule has 4 nitrogen and oxygen atoms in total. The summed E-state index contributed by atoms with van der Waals surface area (Å²) in [6.45, 7) is 4.43. The Morgan fingerprint density at radius 3 is 2.84 bits per heavy atom. The van der Waals surface area contributed by atoms with Crippen LogP contribution >= 0.6 is 0 Å². The molecule has 19 heavy (non-hydrogen) atoms. The Bertz CT molecular complexity index is 455. The van der Waals surface area contributed by atoms with E-state index in [2.05, 4.69) is 11.4 Å². The first-order valence-corrected chi connectivity index (χ1v) is 6.23. The summed E-state index contributed by atoms with van der Waals surface area (Å²) in [5.74, 6) is -0.227. The number of aliphatic hydroxyl groups excluding tert-OH is 1. The zero-order valence-corrected chi connectivity index (χ0v) is 11.6. The van der Waals surface area contributed by atoms with Crippen molar-refractivity contribution in [2.45, 2.75) is 20.0 Å². The zero-order chi connectivity index (χ0) is 14.3. The SMILES string of the molecule is COCC(O)CNC(=O)/C=C/c1ccc(C)cc1C. The van der Waals surface area contributed by atoms with Gasteiger partial charge in [0.2, 0.25) is 5.91 Å². The fourth-order valence-electron chi connectivity index (χ4n) is 1.71.